The van der Waals surface area contributed by atoms with Crippen molar-refractivity contribution in [3.8, 4) is 17.9 Å². The second kappa shape index (κ2) is 13.8. The minimum atomic E-state index is -0.723. The van der Waals surface area contributed by atoms with Gasteiger partial charge in [0.2, 0.25) is 0 Å². The highest BCUT2D eigenvalue weighted by atomic mass is 16.6. The summed E-state index contributed by atoms with van der Waals surface area (Å²) in [7, 11) is 0. The average Bonchev–Trinajstić information content (AvgIpc) is 2.91. The lowest BCUT2D eigenvalue weighted by atomic mass is 10.1. The number of aromatic nitrogens is 1. The van der Waals surface area contributed by atoms with Gasteiger partial charge in [-0.15, -0.1) is 0 Å². The van der Waals surface area contributed by atoms with E-state index in [-0.39, 0.29) is 19.8 Å². The lowest BCUT2D eigenvalue weighted by molar-refractivity contribution is 0.0577. The molecule has 0 unspecified atom stereocenters. The third kappa shape index (κ3) is 8.06. The van der Waals surface area contributed by atoms with Crippen LogP contribution in [0, 0.1) is 29.6 Å². The van der Waals surface area contributed by atoms with Crippen LogP contribution in [0.1, 0.15) is 68.1 Å². The summed E-state index contributed by atoms with van der Waals surface area (Å²) in [6.07, 6.45) is 1.03. The Morgan fingerprint density at radius 1 is 1.05 bits per heavy atom. The molecule has 0 saturated carbocycles. The number of benzene rings is 2. The van der Waals surface area contributed by atoms with E-state index >= 15 is 0 Å². The third-order valence-corrected chi connectivity index (χ3v) is 5.25. The Labute approximate surface area is 224 Å². The van der Waals surface area contributed by atoms with Crippen LogP contribution in [-0.2, 0) is 24.5 Å². The molecule has 2 aromatic carbocycles. The molecule has 38 heavy (non-hydrogen) atoms. The number of pyridine rings is 1. The van der Waals surface area contributed by atoms with Crippen molar-refractivity contribution in [1.29, 1.82) is 10.5 Å². The number of hydrogen-bond acceptors (Lipinski definition) is 7. The second-order valence-electron chi connectivity index (χ2n) is 9.16. The van der Waals surface area contributed by atoms with Crippen molar-refractivity contribution in [1.82, 2.24) is 4.98 Å². The number of hydrogen-bond donors (Lipinski definition) is 1. The molecule has 0 bridgehead atoms. The number of anilines is 1. The Hall–Kier alpha value is -4.40. The zero-order chi connectivity index (χ0) is 28.3. The van der Waals surface area contributed by atoms with Gasteiger partial charge in [0, 0.05) is 17.4 Å². The summed E-state index contributed by atoms with van der Waals surface area (Å²) in [4.78, 5) is 19.0. The largest absolute Gasteiger partial charge is 0.487 e. The molecule has 0 spiro atoms. The molecule has 1 heterocycles. The monoisotopic (exact) mass is 514 g/mol. The van der Waals surface area contributed by atoms with Crippen molar-refractivity contribution in [3.63, 3.8) is 0 Å². The normalized spacial score (nSPS) is 10.3. The molecule has 0 aliphatic carbocycles. The summed E-state index contributed by atoms with van der Waals surface area (Å²) >= 11 is 0. The smallest absolute Gasteiger partial charge is 0.415 e. The molecule has 1 amide bonds. The van der Waals surface area contributed by atoms with Crippen molar-refractivity contribution < 1.29 is 19.4 Å². The number of rotatable bonds is 7. The van der Waals surface area contributed by atoms with Crippen LogP contribution in [-0.4, -0.2) is 21.8 Å². The number of carbonyl (C=O) groups excluding carboxylic acids is 1. The van der Waals surface area contributed by atoms with Gasteiger partial charge >= 0.3 is 6.09 Å². The number of amides is 1. The minimum Gasteiger partial charge on any atom is -0.487 e. The van der Waals surface area contributed by atoms with E-state index in [0.29, 0.717) is 39.4 Å². The Morgan fingerprint density at radius 3 is 2.29 bits per heavy atom. The van der Waals surface area contributed by atoms with Gasteiger partial charge in [-0.3, -0.25) is 9.88 Å². The quantitative estimate of drug-likeness (QED) is 0.400. The van der Waals surface area contributed by atoms with E-state index in [9.17, 15) is 9.90 Å². The summed E-state index contributed by atoms with van der Waals surface area (Å²) < 4.78 is 11.7. The highest BCUT2D eigenvalue weighted by Gasteiger charge is 2.26. The fourth-order valence-electron chi connectivity index (χ4n) is 3.53. The zero-order valence-corrected chi connectivity index (χ0v) is 22.8. The predicted octanol–water partition coefficient (Wildman–Crippen LogP) is 6.17. The molecule has 0 atom stereocenters. The number of aliphatic hydroxyl groups is 1. The highest BCUT2D eigenvalue weighted by Crippen LogP contribution is 2.29. The maximum atomic E-state index is 13.1. The Bertz CT molecular complexity index is 1320. The van der Waals surface area contributed by atoms with E-state index in [0.717, 1.165) is 5.56 Å². The van der Waals surface area contributed by atoms with Gasteiger partial charge in [-0.1, -0.05) is 26.0 Å². The van der Waals surface area contributed by atoms with Gasteiger partial charge in [0.05, 0.1) is 42.1 Å². The van der Waals surface area contributed by atoms with E-state index in [1.807, 2.05) is 19.9 Å². The number of nitrogens with zero attached hydrogens (tertiary/aromatic N) is 4. The van der Waals surface area contributed by atoms with Gasteiger partial charge in [-0.25, -0.2) is 4.79 Å². The molecule has 1 aromatic heterocycles. The molecule has 198 valence electrons. The van der Waals surface area contributed by atoms with Crippen LogP contribution in [0.15, 0.2) is 54.7 Å². The first-order chi connectivity index (χ1) is 18.1. The molecule has 0 radical (unpaired) electrons. The number of nitriles is 2. The molecule has 3 rings (SSSR count). The molecule has 0 saturated heterocycles. The standard InChI is InChI=1S/C28H28N4O4.C2H6/c1-19-26(35-18-22-7-5-6-21(12-22)14-30)25(17-33)23(15-31-19)16-32(27(34)36-28(2,3)4)24-10-8-20(13-29)9-11-24;1-2/h5-12,15,33H,16-18H2,1-4H3;1-2H3. The van der Waals surface area contributed by atoms with Crippen LogP contribution >= 0.6 is 0 Å². The Balaban J connectivity index is 0.00000247. The van der Waals surface area contributed by atoms with Gasteiger partial charge in [0.1, 0.15) is 18.0 Å². The van der Waals surface area contributed by atoms with E-state index < -0.39 is 11.7 Å². The topological polar surface area (TPSA) is 119 Å². The van der Waals surface area contributed by atoms with Crippen LogP contribution in [0.4, 0.5) is 10.5 Å². The number of aryl methyl sites for hydroxylation is 1. The number of ether oxygens (including phenoxy) is 2. The average molecular weight is 515 g/mol. The molecular weight excluding hydrogens is 480 g/mol. The molecule has 0 aliphatic heterocycles. The van der Waals surface area contributed by atoms with Gasteiger partial charge < -0.3 is 14.6 Å². The highest BCUT2D eigenvalue weighted by molar-refractivity contribution is 5.88. The van der Waals surface area contributed by atoms with Gasteiger partial charge in [-0.2, -0.15) is 10.5 Å². The lowest BCUT2D eigenvalue weighted by Crippen LogP contribution is -2.36. The third-order valence-electron chi connectivity index (χ3n) is 5.25. The second-order valence-corrected chi connectivity index (χ2v) is 9.16. The summed E-state index contributed by atoms with van der Waals surface area (Å²) in [6.45, 7) is 11.0. The zero-order valence-electron chi connectivity index (χ0n) is 22.8. The van der Waals surface area contributed by atoms with Crippen LogP contribution in [0.3, 0.4) is 0 Å². The molecular formula is C30H34N4O4. The van der Waals surface area contributed by atoms with Crippen molar-refractivity contribution >= 4 is 11.8 Å². The molecule has 0 fully saturated rings. The maximum absolute atomic E-state index is 13.1. The van der Waals surface area contributed by atoms with Crippen LogP contribution in [0.2, 0.25) is 0 Å². The predicted molar refractivity (Wildman–Crippen MR) is 145 cm³/mol. The molecule has 0 aliphatic rings. The summed E-state index contributed by atoms with van der Waals surface area (Å²) in [5.74, 6) is 0.418. The van der Waals surface area contributed by atoms with Crippen LogP contribution in [0.25, 0.3) is 0 Å². The molecule has 3 aromatic rings. The van der Waals surface area contributed by atoms with Crippen LogP contribution < -0.4 is 9.64 Å². The minimum absolute atomic E-state index is 0.0598. The lowest BCUT2D eigenvalue weighted by Gasteiger charge is -2.28. The van der Waals surface area contributed by atoms with Gasteiger partial charge in [0.25, 0.3) is 0 Å². The van der Waals surface area contributed by atoms with Crippen molar-refractivity contribution in [3.05, 3.63) is 88.2 Å². The molecule has 8 heteroatoms. The van der Waals surface area contributed by atoms with Crippen LogP contribution in [0.5, 0.6) is 5.75 Å². The Morgan fingerprint density at radius 2 is 1.71 bits per heavy atom. The molecule has 8 nitrogen and oxygen atoms in total. The Kier molecular flexibility index (Phi) is 10.8. The van der Waals surface area contributed by atoms with E-state index in [4.69, 9.17) is 20.0 Å². The first kappa shape index (κ1) is 29.8. The summed E-state index contributed by atoms with van der Waals surface area (Å²) in [5, 5.41) is 28.5. The first-order valence-electron chi connectivity index (χ1n) is 12.4. The van der Waals surface area contributed by atoms with Crippen molar-refractivity contribution in [2.24, 2.45) is 0 Å². The van der Waals surface area contributed by atoms with Gasteiger partial charge in [-0.05, 0) is 75.2 Å². The van der Waals surface area contributed by atoms with E-state index in [1.54, 1.807) is 76.4 Å². The van der Waals surface area contributed by atoms with Gasteiger partial charge in [0.15, 0.2) is 0 Å². The summed E-state index contributed by atoms with van der Waals surface area (Å²) in [6, 6.07) is 17.8. The number of carbonyl (C=O) groups is 1. The summed E-state index contributed by atoms with van der Waals surface area (Å²) in [5.41, 5.74) is 3.27. The van der Waals surface area contributed by atoms with E-state index in [1.165, 1.54) is 4.90 Å². The van der Waals surface area contributed by atoms with Crippen molar-refractivity contribution in [2.45, 2.75) is 66.9 Å². The number of aliphatic hydroxyl groups excluding tert-OH is 1. The molecule has 1 N–H and O–H groups in total. The van der Waals surface area contributed by atoms with E-state index in [2.05, 4.69) is 17.1 Å². The first-order valence-corrected chi connectivity index (χ1v) is 12.4. The van der Waals surface area contributed by atoms with Crippen molar-refractivity contribution in [2.75, 3.05) is 4.90 Å². The fourth-order valence-corrected chi connectivity index (χ4v) is 3.53. The SMILES string of the molecule is CC.Cc1ncc(CN(C(=O)OC(C)(C)C)c2ccc(C#N)cc2)c(CO)c1OCc1cccc(C#N)c1. The maximum Gasteiger partial charge on any atom is 0.415 e. The fraction of sp³-hybridized carbons (Fsp3) is 0.333.